The average Bonchev–Trinajstić information content (AvgIpc) is 3.00. The molecular formula is C14H19N5OS. The molecule has 112 valence electrons. The van der Waals surface area contributed by atoms with Crippen molar-refractivity contribution in [2.75, 3.05) is 38.7 Å². The van der Waals surface area contributed by atoms with Gasteiger partial charge in [-0.1, -0.05) is 0 Å². The molecule has 7 heteroatoms. The molecule has 1 atom stereocenters. The Kier molecular flexibility index (Phi) is 4.42. The Labute approximate surface area is 128 Å². The van der Waals surface area contributed by atoms with Gasteiger partial charge in [-0.2, -0.15) is 0 Å². The maximum Gasteiger partial charge on any atom is 0.152 e. The number of rotatable bonds is 4. The largest absolute Gasteiger partial charge is 0.369 e. The van der Waals surface area contributed by atoms with E-state index in [1.807, 2.05) is 30.6 Å². The van der Waals surface area contributed by atoms with Gasteiger partial charge in [-0.05, 0) is 0 Å². The Morgan fingerprint density at radius 3 is 2.90 bits per heavy atom. The first-order valence-electron chi connectivity index (χ1n) is 6.94. The molecule has 1 aliphatic heterocycles. The van der Waals surface area contributed by atoms with Crippen molar-refractivity contribution < 1.29 is 4.74 Å². The molecule has 0 aliphatic carbocycles. The third kappa shape index (κ3) is 3.37. The summed E-state index contributed by atoms with van der Waals surface area (Å²) in [5, 5.41) is 3.16. The Bertz CT molecular complexity index is 575. The van der Waals surface area contributed by atoms with Crippen LogP contribution in [-0.2, 0) is 11.3 Å². The fourth-order valence-corrected chi connectivity index (χ4v) is 3.10. The quantitative estimate of drug-likeness (QED) is 0.855. The zero-order valence-electron chi connectivity index (χ0n) is 12.3. The van der Waals surface area contributed by atoms with Gasteiger partial charge in [0.1, 0.15) is 16.8 Å². The van der Waals surface area contributed by atoms with E-state index in [0.29, 0.717) is 6.61 Å². The number of thiazole rings is 1. The highest BCUT2D eigenvalue weighted by atomic mass is 32.1. The summed E-state index contributed by atoms with van der Waals surface area (Å²) >= 11 is 1.69. The molecule has 3 rings (SSSR count). The lowest BCUT2D eigenvalue weighted by Crippen LogP contribution is -2.38. The summed E-state index contributed by atoms with van der Waals surface area (Å²) in [4.78, 5) is 17.6. The number of ether oxygens (including phenoxy) is 1. The van der Waals surface area contributed by atoms with Crippen LogP contribution in [0.3, 0.4) is 0 Å². The topological polar surface area (TPSA) is 54.4 Å². The summed E-state index contributed by atoms with van der Waals surface area (Å²) < 4.78 is 5.92. The van der Waals surface area contributed by atoms with Gasteiger partial charge < -0.3 is 9.64 Å². The van der Waals surface area contributed by atoms with Gasteiger partial charge in [0.2, 0.25) is 0 Å². The van der Waals surface area contributed by atoms with Crippen molar-refractivity contribution in [3.63, 3.8) is 0 Å². The summed E-state index contributed by atoms with van der Waals surface area (Å²) in [6.07, 6.45) is 5.26. The molecule has 0 aromatic carbocycles. The highest BCUT2D eigenvalue weighted by Crippen LogP contribution is 2.27. The Balaban J connectivity index is 1.74. The summed E-state index contributed by atoms with van der Waals surface area (Å²) in [5.41, 5.74) is 0.909. The van der Waals surface area contributed by atoms with Gasteiger partial charge in [0, 0.05) is 51.2 Å². The van der Waals surface area contributed by atoms with E-state index in [4.69, 9.17) is 4.74 Å². The number of hydrogen-bond acceptors (Lipinski definition) is 7. The fraction of sp³-hybridized carbons (Fsp3) is 0.500. The van der Waals surface area contributed by atoms with Crippen LogP contribution in [0.25, 0.3) is 0 Å². The zero-order chi connectivity index (χ0) is 14.7. The molecule has 1 unspecified atom stereocenters. The molecule has 0 saturated carbocycles. The van der Waals surface area contributed by atoms with Gasteiger partial charge in [-0.3, -0.25) is 9.88 Å². The van der Waals surface area contributed by atoms with E-state index >= 15 is 0 Å². The molecule has 0 N–H and O–H groups in total. The lowest BCUT2D eigenvalue weighted by molar-refractivity contribution is -0.0348. The normalized spacial score (nSPS) is 19.6. The van der Waals surface area contributed by atoms with Crippen molar-refractivity contribution in [2.45, 2.75) is 12.6 Å². The Morgan fingerprint density at radius 2 is 2.14 bits per heavy atom. The first kappa shape index (κ1) is 14.4. The third-order valence-corrected chi connectivity index (χ3v) is 4.19. The van der Waals surface area contributed by atoms with Crippen LogP contribution in [0.15, 0.2) is 24.0 Å². The second-order valence-corrected chi connectivity index (χ2v) is 6.16. The maximum atomic E-state index is 5.92. The minimum atomic E-state index is -0.0372. The van der Waals surface area contributed by atoms with Crippen LogP contribution in [0.4, 0.5) is 5.82 Å². The molecule has 2 aromatic heterocycles. The van der Waals surface area contributed by atoms with Gasteiger partial charge in [0.15, 0.2) is 5.82 Å². The van der Waals surface area contributed by atoms with Gasteiger partial charge in [0.05, 0.1) is 13.2 Å². The second-order valence-electron chi connectivity index (χ2n) is 5.18. The van der Waals surface area contributed by atoms with Gasteiger partial charge >= 0.3 is 0 Å². The highest BCUT2D eigenvalue weighted by molar-refractivity contribution is 7.09. The Hall–Kier alpha value is -1.57. The lowest BCUT2D eigenvalue weighted by Gasteiger charge is -2.33. The standard InChI is InChI=1S/C14H19N5OS/c1-18(2)14-13(16-3-4-17-14)11-9-19(6-7-20-11)10-12-15-5-8-21-12/h3-5,8,11H,6-7,9-10H2,1-2H3. The summed E-state index contributed by atoms with van der Waals surface area (Å²) in [6, 6.07) is 0. The van der Waals surface area contributed by atoms with E-state index in [2.05, 4.69) is 19.9 Å². The summed E-state index contributed by atoms with van der Waals surface area (Å²) in [5.74, 6) is 0.874. The fourth-order valence-electron chi connectivity index (χ4n) is 2.45. The van der Waals surface area contributed by atoms with E-state index < -0.39 is 0 Å². The van der Waals surface area contributed by atoms with Crippen molar-refractivity contribution in [1.82, 2.24) is 19.9 Å². The lowest BCUT2D eigenvalue weighted by atomic mass is 10.2. The average molecular weight is 305 g/mol. The van der Waals surface area contributed by atoms with E-state index in [1.54, 1.807) is 23.7 Å². The monoisotopic (exact) mass is 305 g/mol. The van der Waals surface area contributed by atoms with Crippen LogP contribution in [0.1, 0.15) is 16.8 Å². The molecular weight excluding hydrogens is 286 g/mol. The molecule has 3 heterocycles. The molecule has 1 fully saturated rings. The molecule has 2 aromatic rings. The van der Waals surface area contributed by atoms with Crippen molar-refractivity contribution in [1.29, 1.82) is 0 Å². The van der Waals surface area contributed by atoms with Gasteiger partial charge in [0.25, 0.3) is 0 Å². The Morgan fingerprint density at radius 1 is 1.29 bits per heavy atom. The van der Waals surface area contributed by atoms with Crippen LogP contribution in [0.2, 0.25) is 0 Å². The van der Waals surface area contributed by atoms with E-state index in [9.17, 15) is 0 Å². The molecule has 0 amide bonds. The van der Waals surface area contributed by atoms with Crippen molar-refractivity contribution in [3.8, 4) is 0 Å². The molecule has 0 bridgehead atoms. The van der Waals surface area contributed by atoms with Crippen molar-refractivity contribution in [3.05, 3.63) is 34.7 Å². The minimum absolute atomic E-state index is 0.0372. The number of aromatic nitrogens is 3. The van der Waals surface area contributed by atoms with Gasteiger partial charge in [-0.15, -0.1) is 11.3 Å². The first-order chi connectivity index (χ1) is 10.2. The van der Waals surface area contributed by atoms with Crippen molar-refractivity contribution >= 4 is 17.2 Å². The minimum Gasteiger partial charge on any atom is -0.369 e. The highest BCUT2D eigenvalue weighted by Gasteiger charge is 2.26. The van der Waals surface area contributed by atoms with Crippen LogP contribution in [0, 0.1) is 0 Å². The second kappa shape index (κ2) is 6.46. The number of nitrogens with zero attached hydrogens (tertiary/aromatic N) is 5. The molecule has 21 heavy (non-hydrogen) atoms. The number of anilines is 1. The smallest absolute Gasteiger partial charge is 0.152 e. The summed E-state index contributed by atoms with van der Waals surface area (Å²) in [7, 11) is 3.95. The molecule has 1 saturated heterocycles. The molecule has 0 radical (unpaired) electrons. The first-order valence-corrected chi connectivity index (χ1v) is 7.82. The predicted octanol–water partition coefficient (Wildman–Crippen LogP) is 1.57. The van der Waals surface area contributed by atoms with Gasteiger partial charge in [-0.25, -0.2) is 9.97 Å². The van der Waals surface area contributed by atoms with Crippen LogP contribution < -0.4 is 4.90 Å². The number of morpholine rings is 1. The predicted molar refractivity (Wildman–Crippen MR) is 82.4 cm³/mol. The molecule has 0 spiro atoms. The molecule has 6 nitrogen and oxygen atoms in total. The van der Waals surface area contributed by atoms with E-state index in [1.165, 1.54) is 0 Å². The number of hydrogen-bond donors (Lipinski definition) is 0. The summed E-state index contributed by atoms with van der Waals surface area (Å²) in [6.45, 7) is 3.32. The van der Waals surface area contributed by atoms with Crippen LogP contribution in [0.5, 0.6) is 0 Å². The SMILES string of the molecule is CN(C)c1nccnc1C1CN(Cc2nccs2)CCO1. The maximum absolute atomic E-state index is 5.92. The van der Waals surface area contributed by atoms with E-state index in [-0.39, 0.29) is 6.10 Å². The van der Waals surface area contributed by atoms with Crippen molar-refractivity contribution in [2.24, 2.45) is 0 Å². The third-order valence-electron chi connectivity index (χ3n) is 3.43. The van der Waals surface area contributed by atoms with Crippen LogP contribution >= 0.6 is 11.3 Å². The van der Waals surface area contributed by atoms with E-state index in [0.717, 1.165) is 36.2 Å². The molecule has 1 aliphatic rings. The van der Waals surface area contributed by atoms with Crippen LogP contribution in [-0.4, -0.2) is 53.6 Å². The zero-order valence-corrected chi connectivity index (χ0v) is 13.1.